The molecule has 0 aliphatic carbocycles. The Hall–Kier alpha value is -6.15. The van der Waals surface area contributed by atoms with Crippen LogP contribution in [0.25, 0.3) is 10.4 Å². The third-order valence-electron chi connectivity index (χ3n) is 15.1. The molecule has 5 aromatic rings. The molecule has 0 spiro atoms. The van der Waals surface area contributed by atoms with E-state index >= 15 is 0 Å². The zero-order chi connectivity index (χ0) is 58.6. The molecule has 438 valence electrons. The predicted octanol–water partition coefficient (Wildman–Crippen LogP) is 11.4. The molecule has 4 amide bonds. The number of β-amino-alcohol motifs (C(OH)–C–C–N with tert-alkyl or cyclic N) is 1. The van der Waals surface area contributed by atoms with E-state index in [9.17, 15) is 32.7 Å². The average molecular weight is 1170 g/mol. The number of aliphatic hydroxyl groups excluding tert-OH is 1. The second-order valence-electron chi connectivity index (χ2n) is 23.2. The van der Waals surface area contributed by atoms with Gasteiger partial charge in [0.25, 0.3) is 0 Å². The third-order valence-corrected chi connectivity index (χ3v) is 18.5. The number of aryl methyl sites for hydroxylation is 2. The van der Waals surface area contributed by atoms with E-state index in [1.54, 1.807) is 49.4 Å². The van der Waals surface area contributed by atoms with E-state index in [0.29, 0.717) is 43.1 Å². The summed E-state index contributed by atoms with van der Waals surface area (Å²) in [6, 6.07) is 17.0. The van der Waals surface area contributed by atoms with E-state index in [1.165, 1.54) is 16.7 Å². The van der Waals surface area contributed by atoms with Crippen LogP contribution in [-0.2, 0) is 35.6 Å². The number of piperidine rings is 1. The molecular formula is C61H82ClN9O8S2. The first kappa shape index (κ1) is 62.5. The molecule has 4 heterocycles. The Morgan fingerprint density at radius 1 is 0.864 bits per heavy atom. The molecule has 0 saturated carbocycles. The number of halogens is 1. The smallest absolute Gasteiger partial charge is 0.246 e. The summed E-state index contributed by atoms with van der Waals surface area (Å²) < 4.78 is 32.6. The Morgan fingerprint density at radius 2 is 1.53 bits per heavy atom. The highest BCUT2D eigenvalue weighted by molar-refractivity contribution is 7.92. The second-order valence-corrected chi connectivity index (χ2v) is 26.9. The number of likely N-dealkylation sites (tertiary alicyclic amines) is 2. The quantitative estimate of drug-likeness (QED) is 0.0343. The lowest BCUT2D eigenvalue weighted by molar-refractivity contribution is -0.144. The number of rotatable bonds is 25. The molecular weight excluding hydrogens is 1090 g/mol. The number of ether oxygens (including phenoxy) is 1. The lowest BCUT2D eigenvalue weighted by Crippen LogP contribution is -2.57. The van der Waals surface area contributed by atoms with Gasteiger partial charge in [-0.3, -0.25) is 19.2 Å². The maximum absolute atomic E-state index is 14.1. The monoisotopic (exact) mass is 1170 g/mol. The van der Waals surface area contributed by atoms with Gasteiger partial charge in [-0.05, 0) is 125 Å². The van der Waals surface area contributed by atoms with Crippen molar-refractivity contribution < 1.29 is 37.4 Å². The number of para-hydroxylation sites is 1. The van der Waals surface area contributed by atoms with Crippen LogP contribution < -0.4 is 26.0 Å². The number of aromatic nitrogens is 3. The first-order chi connectivity index (χ1) is 38.5. The van der Waals surface area contributed by atoms with Crippen LogP contribution >= 0.6 is 22.9 Å². The van der Waals surface area contributed by atoms with Crippen molar-refractivity contribution in [3.8, 4) is 16.2 Å². The van der Waals surface area contributed by atoms with Crippen molar-refractivity contribution in [2.45, 2.75) is 186 Å². The van der Waals surface area contributed by atoms with Gasteiger partial charge in [0.2, 0.25) is 29.6 Å². The number of sulfone groups is 1. The fourth-order valence-corrected chi connectivity index (χ4v) is 12.6. The number of hydrogen-bond donors (Lipinski definition) is 5. The van der Waals surface area contributed by atoms with Crippen molar-refractivity contribution in [2.24, 2.45) is 5.41 Å². The second kappa shape index (κ2) is 28.2. The van der Waals surface area contributed by atoms with Crippen molar-refractivity contribution in [3.05, 3.63) is 99.8 Å². The SMILES string of the molecule is Cc1cc(Nc2ncc(Cl)c(Nc3ccccc3S(=O)(=O)C(C)C)n2)c(OC(C)C)cc1C1CCN(C(=O)CCCCCCCCCC(=O)N[C@H](C(=O)N2C[C@H](O)C[C@H]2C(=O)NCc2ccc(-c3scnc3C)cc2)C(C)(C)C)CC1. The lowest BCUT2D eigenvalue weighted by Gasteiger charge is -2.35. The number of nitrogens with one attached hydrogen (secondary N) is 4. The number of hydrogen-bond acceptors (Lipinski definition) is 14. The summed E-state index contributed by atoms with van der Waals surface area (Å²) in [5, 5.41) is 22.6. The Bertz CT molecular complexity index is 3080. The van der Waals surface area contributed by atoms with E-state index in [4.69, 9.17) is 16.3 Å². The topological polar surface area (TPSA) is 225 Å². The number of nitrogens with zero attached hydrogens (tertiary/aromatic N) is 5. The van der Waals surface area contributed by atoms with E-state index in [-0.39, 0.29) is 83.3 Å². The van der Waals surface area contributed by atoms with Crippen LogP contribution in [0.3, 0.4) is 0 Å². The van der Waals surface area contributed by atoms with Gasteiger partial charge in [0.1, 0.15) is 22.9 Å². The highest BCUT2D eigenvalue weighted by atomic mass is 35.5. The number of aliphatic hydroxyl groups is 1. The number of carbonyl (C=O) groups is 4. The van der Waals surface area contributed by atoms with Crippen LogP contribution in [0.5, 0.6) is 5.75 Å². The van der Waals surface area contributed by atoms with Crippen molar-refractivity contribution in [1.82, 2.24) is 35.4 Å². The van der Waals surface area contributed by atoms with E-state index in [0.717, 1.165) is 78.6 Å². The maximum atomic E-state index is 14.1. The summed E-state index contributed by atoms with van der Waals surface area (Å²) >= 11 is 8.11. The first-order valence-corrected chi connectivity index (χ1v) is 31.3. The number of amides is 4. The van der Waals surface area contributed by atoms with Gasteiger partial charge in [-0.15, -0.1) is 11.3 Å². The van der Waals surface area contributed by atoms with Gasteiger partial charge in [0.15, 0.2) is 15.7 Å². The summed E-state index contributed by atoms with van der Waals surface area (Å²) in [6.07, 6.45) is 9.39. The van der Waals surface area contributed by atoms with Gasteiger partial charge in [-0.25, -0.2) is 18.4 Å². The number of anilines is 4. The third kappa shape index (κ3) is 16.8. The van der Waals surface area contributed by atoms with Crippen molar-refractivity contribution >= 4 is 79.5 Å². The molecule has 0 bridgehead atoms. The highest BCUT2D eigenvalue weighted by Gasteiger charge is 2.44. The van der Waals surface area contributed by atoms with Crippen molar-refractivity contribution in [2.75, 3.05) is 30.3 Å². The molecule has 17 nitrogen and oxygen atoms in total. The number of unbranched alkanes of at least 4 members (excludes halogenated alkanes) is 6. The molecule has 20 heteroatoms. The molecule has 3 atom stereocenters. The molecule has 5 N–H and O–H groups in total. The minimum atomic E-state index is -3.60. The van der Waals surface area contributed by atoms with Gasteiger partial charge >= 0.3 is 0 Å². The van der Waals surface area contributed by atoms with E-state index in [1.807, 2.05) is 82.3 Å². The minimum Gasteiger partial charge on any atom is -0.489 e. The number of thiazole rings is 1. The minimum absolute atomic E-state index is 0.0181. The number of carbonyl (C=O) groups excluding carboxylic acids is 4. The zero-order valence-electron chi connectivity index (χ0n) is 48.4. The lowest BCUT2D eigenvalue weighted by atomic mass is 9.85. The zero-order valence-corrected chi connectivity index (χ0v) is 50.8. The molecule has 2 saturated heterocycles. The molecule has 2 aliphatic rings. The van der Waals surface area contributed by atoms with Crippen LogP contribution in [0, 0.1) is 19.3 Å². The summed E-state index contributed by atoms with van der Waals surface area (Å²) in [5.74, 6) is 0.635. The van der Waals surface area contributed by atoms with Gasteiger partial charge in [0.05, 0.1) is 56.0 Å². The van der Waals surface area contributed by atoms with E-state index in [2.05, 4.69) is 49.2 Å². The Labute approximate surface area is 487 Å². The van der Waals surface area contributed by atoms with Crippen LogP contribution in [0.2, 0.25) is 5.02 Å². The summed E-state index contributed by atoms with van der Waals surface area (Å²) in [6.45, 7) is 18.6. The van der Waals surface area contributed by atoms with Crippen molar-refractivity contribution in [1.29, 1.82) is 0 Å². The molecule has 3 aromatic carbocycles. The fourth-order valence-electron chi connectivity index (χ4n) is 10.5. The Kier molecular flexibility index (Phi) is 21.8. The van der Waals surface area contributed by atoms with Crippen LogP contribution in [-0.4, -0.2) is 111 Å². The summed E-state index contributed by atoms with van der Waals surface area (Å²) in [5.41, 5.74) is 7.38. The molecule has 81 heavy (non-hydrogen) atoms. The summed E-state index contributed by atoms with van der Waals surface area (Å²) in [7, 11) is -3.60. The van der Waals surface area contributed by atoms with Gasteiger partial charge in [-0.1, -0.05) is 101 Å². The molecule has 2 aromatic heterocycles. The molecule has 0 radical (unpaired) electrons. The van der Waals surface area contributed by atoms with E-state index < -0.39 is 38.7 Å². The van der Waals surface area contributed by atoms with Crippen molar-refractivity contribution in [3.63, 3.8) is 0 Å². The van der Waals surface area contributed by atoms with Gasteiger partial charge < -0.3 is 40.9 Å². The fraction of sp³-hybridized carbons (Fsp3) is 0.525. The number of benzene rings is 3. The maximum Gasteiger partial charge on any atom is 0.246 e. The standard InChI is InChI=1S/C61H82ClN9O8S2/c1-38(2)79-51-33-46(40(5)31-49(51)67-60-64-35-47(62)57(69-60)66-48-19-17-18-20-52(48)81(77,78)39(3)4)43-27-29-70(30-28-43)54(74)22-16-14-12-10-11-13-15-21-53(73)68-56(61(7,8)9)59(76)71-36-45(72)32-50(71)58(75)63-34-42-23-25-44(26-24-42)55-41(6)65-37-80-55/h17-20,23-26,31,33,35,37-39,43,45,50,56,72H,10-16,21-22,27-30,32,34,36H2,1-9H3,(H,63,75)(H,68,73)(H2,64,66,67,69)/t45-,50+,56-/m1/s1. The molecule has 7 rings (SSSR count). The summed E-state index contributed by atoms with van der Waals surface area (Å²) in [4.78, 5) is 72.3. The Morgan fingerprint density at radius 3 is 2.17 bits per heavy atom. The largest absolute Gasteiger partial charge is 0.489 e. The molecule has 2 aliphatic heterocycles. The highest BCUT2D eigenvalue weighted by Crippen LogP contribution is 2.39. The van der Waals surface area contributed by atoms with Crippen LogP contribution in [0.15, 0.2) is 77.3 Å². The first-order valence-electron chi connectivity index (χ1n) is 28.5. The normalized spacial score (nSPS) is 16.4. The van der Waals surface area contributed by atoms with Crippen LogP contribution in [0.1, 0.15) is 154 Å². The van der Waals surface area contributed by atoms with Gasteiger partial charge in [0, 0.05) is 45.4 Å². The molecule has 0 unspecified atom stereocenters. The van der Waals surface area contributed by atoms with Gasteiger partial charge in [-0.2, -0.15) is 4.98 Å². The Balaban J connectivity index is 0.805. The predicted molar refractivity (Wildman–Crippen MR) is 321 cm³/mol. The average Bonchev–Trinajstić information content (AvgIpc) is 4.05. The molecule has 2 fully saturated rings. The van der Waals surface area contributed by atoms with Crippen LogP contribution in [0.4, 0.5) is 23.1 Å².